The number of rotatable bonds is 4. The van der Waals surface area contributed by atoms with Gasteiger partial charge in [0.25, 0.3) is 0 Å². The van der Waals surface area contributed by atoms with Crippen LogP contribution in [0.1, 0.15) is 19.8 Å². The van der Waals surface area contributed by atoms with Crippen LogP contribution in [-0.4, -0.2) is 36.8 Å². The van der Waals surface area contributed by atoms with Crippen molar-refractivity contribution in [2.24, 2.45) is 0 Å². The van der Waals surface area contributed by atoms with Gasteiger partial charge in [0.05, 0.1) is 6.10 Å². The number of aliphatic hydroxyl groups is 1. The second-order valence-electron chi connectivity index (χ2n) is 2.65. The van der Waals surface area contributed by atoms with Crippen LogP contribution in [0.25, 0.3) is 0 Å². The van der Waals surface area contributed by atoms with E-state index in [4.69, 9.17) is 5.11 Å². The fourth-order valence-corrected chi connectivity index (χ4v) is 0.611. The molecule has 2 nitrogen and oxygen atoms in total. The lowest BCUT2D eigenvalue weighted by Gasteiger charge is -2.11. The minimum absolute atomic E-state index is 0.104. The Morgan fingerprint density at radius 3 is 2.33 bits per heavy atom. The topological polar surface area (TPSA) is 23.5 Å². The minimum Gasteiger partial charge on any atom is -0.393 e. The molecule has 2 heteroatoms. The first-order valence-electron chi connectivity index (χ1n) is 3.49. The highest BCUT2D eigenvalue weighted by molar-refractivity contribution is 4.53. The Balaban J connectivity index is 3.06. The molecule has 0 bridgehead atoms. The Morgan fingerprint density at radius 2 is 2.00 bits per heavy atom. The van der Waals surface area contributed by atoms with Crippen LogP contribution in [0, 0.1) is 0 Å². The average molecular weight is 131 g/mol. The van der Waals surface area contributed by atoms with E-state index in [0.29, 0.717) is 0 Å². The second-order valence-corrected chi connectivity index (χ2v) is 2.65. The summed E-state index contributed by atoms with van der Waals surface area (Å²) in [7, 11) is 4.03. The first-order valence-corrected chi connectivity index (χ1v) is 3.49. The number of hydrogen-bond acceptors (Lipinski definition) is 2. The third kappa shape index (κ3) is 5.80. The van der Waals surface area contributed by atoms with Gasteiger partial charge in [0.15, 0.2) is 0 Å². The molecule has 0 fully saturated rings. The van der Waals surface area contributed by atoms with Gasteiger partial charge >= 0.3 is 0 Å². The van der Waals surface area contributed by atoms with Gasteiger partial charge < -0.3 is 10.0 Å². The summed E-state index contributed by atoms with van der Waals surface area (Å²) >= 11 is 0. The lowest BCUT2D eigenvalue weighted by atomic mass is 10.2. The zero-order valence-corrected chi connectivity index (χ0v) is 6.59. The summed E-state index contributed by atoms with van der Waals surface area (Å²) in [6.07, 6.45) is 1.66. The van der Waals surface area contributed by atoms with Crippen LogP contribution in [0.2, 0.25) is 0 Å². The van der Waals surface area contributed by atoms with Gasteiger partial charge in [-0.15, -0.1) is 0 Å². The van der Waals surface area contributed by atoms with E-state index in [0.717, 1.165) is 19.4 Å². The van der Waals surface area contributed by atoms with Crippen molar-refractivity contribution in [1.29, 1.82) is 0 Å². The molecule has 0 heterocycles. The summed E-state index contributed by atoms with van der Waals surface area (Å²) in [6.45, 7) is 2.98. The largest absolute Gasteiger partial charge is 0.393 e. The smallest absolute Gasteiger partial charge is 0.0549 e. The van der Waals surface area contributed by atoms with Crippen LogP contribution >= 0.6 is 0 Å². The molecule has 1 N–H and O–H groups in total. The summed E-state index contributed by atoms with van der Waals surface area (Å²) in [6, 6.07) is 0. The van der Waals surface area contributed by atoms with Crippen LogP contribution in [0.4, 0.5) is 0 Å². The highest BCUT2D eigenvalue weighted by Gasteiger charge is 1.99. The molecule has 0 aromatic rings. The minimum atomic E-state index is -0.104. The Morgan fingerprint density at radius 1 is 1.44 bits per heavy atom. The lowest BCUT2D eigenvalue weighted by Crippen LogP contribution is -2.18. The molecule has 1 atom stereocenters. The molecule has 0 rings (SSSR count). The van der Waals surface area contributed by atoms with Gasteiger partial charge in [-0.05, 0) is 33.5 Å². The molecule has 56 valence electrons. The number of nitrogens with zero attached hydrogens (tertiary/aromatic N) is 1. The Kier molecular flexibility index (Phi) is 4.72. The summed E-state index contributed by atoms with van der Waals surface area (Å²) in [5.74, 6) is 0. The van der Waals surface area contributed by atoms with Gasteiger partial charge in [-0.3, -0.25) is 0 Å². The predicted octanol–water partition coefficient (Wildman–Crippen LogP) is 0.709. The molecule has 0 unspecified atom stereocenters. The monoisotopic (exact) mass is 131 g/mol. The summed E-state index contributed by atoms with van der Waals surface area (Å²) in [4.78, 5) is 2.08. The Hall–Kier alpha value is -0.0800. The maximum absolute atomic E-state index is 9.08. The van der Waals surface area contributed by atoms with E-state index in [1.807, 2.05) is 21.0 Å². The van der Waals surface area contributed by atoms with Crippen molar-refractivity contribution in [3.63, 3.8) is 0 Å². The molecule has 0 amide bonds. The molecule has 0 saturated carbocycles. The van der Waals surface area contributed by atoms with E-state index in [-0.39, 0.29) is 6.10 Å². The van der Waals surface area contributed by atoms with Gasteiger partial charge in [-0.25, -0.2) is 0 Å². The fraction of sp³-hybridized carbons (Fsp3) is 1.00. The van der Waals surface area contributed by atoms with Crippen molar-refractivity contribution in [3.05, 3.63) is 0 Å². The van der Waals surface area contributed by atoms with Crippen molar-refractivity contribution >= 4 is 0 Å². The van der Waals surface area contributed by atoms with Crippen LogP contribution in [0.3, 0.4) is 0 Å². The van der Waals surface area contributed by atoms with Crippen molar-refractivity contribution < 1.29 is 5.11 Å². The van der Waals surface area contributed by atoms with E-state index in [1.165, 1.54) is 0 Å². The van der Waals surface area contributed by atoms with E-state index >= 15 is 0 Å². The van der Waals surface area contributed by atoms with E-state index in [2.05, 4.69) is 4.90 Å². The molecule has 0 aliphatic heterocycles. The first kappa shape index (κ1) is 8.92. The third-order valence-corrected chi connectivity index (χ3v) is 1.38. The summed E-state index contributed by atoms with van der Waals surface area (Å²) < 4.78 is 0. The van der Waals surface area contributed by atoms with Gasteiger partial charge in [0.1, 0.15) is 0 Å². The van der Waals surface area contributed by atoms with E-state index < -0.39 is 0 Å². The molecule has 9 heavy (non-hydrogen) atoms. The van der Waals surface area contributed by atoms with Crippen molar-refractivity contribution in [2.75, 3.05) is 20.6 Å². The molecular formula is C7H17NO. The van der Waals surface area contributed by atoms with Gasteiger partial charge in [0.2, 0.25) is 0 Å². The molecule has 0 spiro atoms. The fourth-order valence-electron chi connectivity index (χ4n) is 0.611. The molecule has 0 aliphatic rings. The molecule has 0 aromatic carbocycles. The van der Waals surface area contributed by atoms with Crippen LogP contribution in [0.5, 0.6) is 0 Å². The van der Waals surface area contributed by atoms with E-state index in [9.17, 15) is 0 Å². The maximum atomic E-state index is 9.08. The van der Waals surface area contributed by atoms with Crippen LogP contribution in [-0.2, 0) is 0 Å². The molecule has 0 saturated heterocycles. The molecular weight excluding hydrogens is 114 g/mol. The highest BCUT2D eigenvalue weighted by atomic mass is 16.3. The number of hydrogen-bond donors (Lipinski definition) is 1. The van der Waals surface area contributed by atoms with Crippen molar-refractivity contribution in [2.45, 2.75) is 25.9 Å². The normalized spacial score (nSPS) is 14.3. The maximum Gasteiger partial charge on any atom is 0.0549 e. The first-order chi connectivity index (χ1) is 4.16. The standard InChI is InChI=1S/C7H17NO/c1-4-7(9)5-6-8(2)3/h7,9H,4-6H2,1-3H3/t7-/m1/s1. The summed E-state index contributed by atoms with van der Waals surface area (Å²) in [5, 5.41) is 9.08. The lowest BCUT2D eigenvalue weighted by molar-refractivity contribution is 0.148. The summed E-state index contributed by atoms with van der Waals surface area (Å²) in [5.41, 5.74) is 0. The van der Waals surface area contributed by atoms with Crippen molar-refractivity contribution in [3.8, 4) is 0 Å². The van der Waals surface area contributed by atoms with E-state index in [1.54, 1.807) is 0 Å². The van der Waals surface area contributed by atoms with Crippen LogP contribution in [0.15, 0.2) is 0 Å². The van der Waals surface area contributed by atoms with Crippen molar-refractivity contribution in [1.82, 2.24) is 4.90 Å². The van der Waals surface area contributed by atoms with Gasteiger partial charge in [0, 0.05) is 0 Å². The van der Waals surface area contributed by atoms with Gasteiger partial charge in [-0.1, -0.05) is 6.92 Å². The third-order valence-electron chi connectivity index (χ3n) is 1.38. The molecule has 0 radical (unpaired) electrons. The molecule has 0 aromatic heterocycles. The Bertz CT molecular complexity index is 63.9. The highest BCUT2D eigenvalue weighted by Crippen LogP contribution is 1.96. The SMILES string of the molecule is CC[C@@H](O)CCN(C)C. The number of aliphatic hydroxyl groups excluding tert-OH is 1. The average Bonchev–Trinajstić information content (AvgIpc) is 1.83. The molecule has 0 aliphatic carbocycles. The zero-order chi connectivity index (χ0) is 7.28. The van der Waals surface area contributed by atoms with Crippen LogP contribution < -0.4 is 0 Å². The second kappa shape index (κ2) is 4.77. The quantitative estimate of drug-likeness (QED) is 0.607. The van der Waals surface area contributed by atoms with Gasteiger partial charge in [-0.2, -0.15) is 0 Å². The Labute approximate surface area is 57.5 Å². The zero-order valence-electron chi connectivity index (χ0n) is 6.59. The predicted molar refractivity (Wildman–Crippen MR) is 39.5 cm³/mol.